The minimum absolute atomic E-state index is 0.0280. The number of hydrogen-bond donors (Lipinski definition) is 0. The van der Waals surface area contributed by atoms with Crippen LogP contribution < -0.4 is 0 Å². The van der Waals surface area contributed by atoms with E-state index in [-0.39, 0.29) is 29.8 Å². The first-order chi connectivity index (χ1) is 11.9. The zero-order valence-electron chi connectivity index (χ0n) is 16.7. The second-order valence-electron chi connectivity index (χ2n) is 7.96. The highest BCUT2D eigenvalue weighted by Gasteiger charge is 2.24. The summed E-state index contributed by atoms with van der Waals surface area (Å²) >= 11 is 0. The lowest BCUT2D eigenvalue weighted by Crippen LogP contribution is -2.27. The van der Waals surface area contributed by atoms with E-state index in [1.165, 1.54) is 12.1 Å². The summed E-state index contributed by atoms with van der Waals surface area (Å²) < 4.78 is 35.4. The number of rotatable bonds is 9. The molecule has 0 unspecified atom stereocenters. The average Bonchev–Trinajstić information content (AvgIpc) is 2.51. The molecule has 0 amide bonds. The van der Waals surface area contributed by atoms with Crippen molar-refractivity contribution in [2.45, 2.75) is 71.3 Å². The smallest absolute Gasteiger partial charge is 0.306 e. The number of carbonyl (C=O) groups is 1. The number of hydrogen-bond acceptors (Lipinski definition) is 5. The molecule has 0 fully saturated rings. The van der Waals surface area contributed by atoms with Crippen LogP contribution in [-0.4, -0.2) is 26.6 Å². The van der Waals surface area contributed by atoms with Crippen LogP contribution in [0.3, 0.4) is 0 Å². The summed E-state index contributed by atoms with van der Waals surface area (Å²) in [5.74, 6) is -0.171. The lowest BCUT2D eigenvalue weighted by atomic mass is 9.92. The Labute approximate surface area is 158 Å². The van der Waals surface area contributed by atoms with Gasteiger partial charge in [-0.2, -0.15) is 8.42 Å². The van der Waals surface area contributed by atoms with Gasteiger partial charge in [0, 0.05) is 0 Å². The first kappa shape index (κ1) is 22.6. The molecule has 2 atom stereocenters. The van der Waals surface area contributed by atoms with Gasteiger partial charge in [-0.05, 0) is 58.1 Å². The molecule has 6 heteroatoms. The number of benzene rings is 1. The van der Waals surface area contributed by atoms with Crippen molar-refractivity contribution in [2.24, 2.45) is 11.8 Å². The zero-order chi connectivity index (χ0) is 20.0. The maximum Gasteiger partial charge on any atom is 0.306 e. The van der Waals surface area contributed by atoms with Gasteiger partial charge in [-0.1, -0.05) is 38.0 Å². The maximum atomic E-state index is 12.4. The zero-order valence-corrected chi connectivity index (χ0v) is 17.6. The fourth-order valence-corrected chi connectivity index (χ4v) is 3.50. The topological polar surface area (TPSA) is 69.7 Å². The quantitative estimate of drug-likeness (QED) is 0.464. The first-order valence-electron chi connectivity index (χ1n) is 9.11. The van der Waals surface area contributed by atoms with Crippen LogP contribution in [0.15, 0.2) is 29.2 Å². The van der Waals surface area contributed by atoms with Gasteiger partial charge >= 0.3 is 5.97 Å². The maximum absolute atomic E-state index is 12.4. The van der Waals surface area contributed by atoms with E-state index >= 15 is 0 Å². The fourth-order valence-electron chi connectivity index (χ4n) is 2.52. The molecule has 0 spiro atoms. The van der Waals surface area contributed by atoms with Crippen LogP contribution in [0.5, 0.6) is 0 Å². The van der Waals surface area contributed by atoms with Crippen LogP contribution in [0.4, 0.5) is 0 Å². The van der Waals surface area contributed by atoms with E-state index in [9.17, 15) is 13.2 Å². The second-order valence-corrected chi connectivity index (χ2v) is 9.57. The summed E-state index contributed by atoms with van der Waals surface area (Å²) in [6.07, 6.45) is 1.81. The van der Waals surface area contributed by atoms with Crippen LogP contribution in [0.25, 0.3) is 0 Å². The Morgan fingerprint density at radius 3 is 2.23 bits per heavy atom. The summed E-state index contributed by atoms with van der Waals surface area (Å²) in [5, 5.41) is 0. The third-order valence-electron chi connectivity index (χ3n) is 4.08. The molecule has 1 aromatic carbocycles. The molecule has 148 valence electrons. The van der Waals surface area contributed by atoms with Crippen molar-refractivity contribution in [1.29, 1.82) is 0 Å². The van der Waals surface area contributed by atoms with Crippen LogP contribution in [0.1, 0.15) is 59.4 Å². The molecule has 0 aliphatic heterocycles. The third-order valence-corrected chi connectivity index (χ3v) is 5.37. The van der Waals surface area contributed by atoms with E-state index in [2.05, 4.69) is 13.8 Å². The standard InChI is InChI=1S/C20H32O5S/c1-7-15(2)12-17(13-19(21)25-20(4,5)6)14-24-26(22,23)18-10-8-16(3)9-11-18/h8-11,15,17H,7,12-14H2,1-6H3/t15-,17-/m0/s1. The Kier molecular flexibility index (Phi) is 8.28. The van der Waals surface area contributed by atoms with Gasteiger partial charge in [0.15, 0.2) is 0 Å². The molecule has 1 rings (SSSR count). The minimum atomic E-state index is -3.84. The van der Waals surface area contributed by atoms with Crippen molar-refractivity contribution < 1.29 is 22.1 Å². The normalized spacial score (nSPS) is 14.7. The number of ether oxygens (including phenoxy) is 1. The van der Waals surface area contributed by atoms with Gasteiger partial charge in [-0.15, -0.1) is 0 Å². The SMILES string of the molecule is CC[C@H](C)C[C@H](COS(=O)(=O)c1ccc(C)cc1)CC(=O)OC(C)(C)C. The molecule has 0 N–H and O–H groups in total. The number of aryl methyl sites for hydroxylation is 1. The molecule has 0 saturated heterocycles. The van der Waals surface area contributed by atoms with Gasteiger partial charge in [0.05, 0.1) is 17.9 Å². The van der Waals surface area contributed by atoms with Gasteiger partial charge in [-0.25, -0.2) is 0 Å². The van der Waals surface area contributed by atoms with Crippen molar-refractivity contribution in [3.63, 3.8) is 0 Å². The summed E-state index contributed by atoms with van der Waals surface area (Å²) in [5.41, 5.74) is 0.413. The molecular weight excluding hydrogens is 352 g/mol. The molecule has 5 nitrogen and oxygen atoms in total. The molecular formula is C20H32O5S. The van der Waals surface area contributed by atoms with Crippen LogP contribution in [-0.2, 0) is 23.8 Å². The second kappa shape index (κ2) is 9.51. The Bertz CT molecular complexity index is 671. The van der Waals surface area contributed by atoms with E-state index in [4.69, 9.17) is 8.92 Å². The third kappa shape index (κ3) is 8.32. The molecule has 1 aromatic rings. The molecule has 26 heavy (non-hydrogen) atoms. The molecule has 0 aliphatic rings. The Morgan fingerprint density at radius 1 is 1.15 bits per heavy atom. The van der Waals surface area contributed by atoms with Crippen molar-refractivity contribution in [3.05, 3.63) is 29.8 Å². The predicted octanol–water partition coefficient (Wildman–Crippen LogP) is 4.48. The molecule has 0 heterocycles. The summed E-state index contributed by atoms with van der Waals surface area (Å²) in [6, 6.07) is 6.52. The van der Waals surface area contributed by atoms with E-state index in [0.29, 0.717) is 12.3 Å². The van der Waals surface area contributed by atoms with E-state index in [1.807, 2.05) is 27.7 Å². The predicted molar refractivity (Wildman–Crippen MR) is 102 cm³/mol. The molecule has 0 aromatic heterocycles. The van der Waals surface area contributed by atoms with E-state index < -0.39 is 15.7 Å². The highest BCUT2D eigenvalue weighted by atomic mass is 32.2. The Hall–Kier alpha value is -1.40. The van der Waals surface area contributed by atoms with Crippen molar-refractivity contribution in [3.8, 4) is 0 Å². The number of esters is 1. The lowest BCUT2D eigenvalue weighted by molar-refractivity contribution is -0.156. The highest BCUT2D eigenvalue weighted by Crippen LogP contribution is 2.23. The largest absolute Gasteiger partial charge is 0.460 e. The Balaban J connectivity index is 2.78. The number of carbonyl (C=O) groups excluding carboxylic acids is 1. The summed E-state index contributed by atoms with van der Waals surface area (Å²) in [7, 11) is -3.84. The summed E-state index contributed by atoms with van der Waals surface area (Å²) in [4.78, 5) is 12.3. The summed E-state index contributed by atoms with van der Waals surface area (Å²) in [6.45, 7) is 11.4. The molecule has 0 bridgehead atoms. The van der Waals surface area contributed by atoms with Gasteiger partial charge in [0.1, 0.15) is 5.60 Å². The molecule has 0 aliphatic carbocycles. The van der Waals surface area contributed by atoms with Crippen molar-refractivity contribution in [1.82, 2.24) is 0 Å². The van der Waals surface area contributed by atoms with Crippen molar-refractivity contribution in [2.75, 3.05) is 6.61 Å². The average molecular weight is 385 g/mol. The fraction of sp³-hybridized carbons (Fsp3) is 0.650. The first-order valence-corrected chi connectivity index (χ1v) is 10.5. The Morgan fingerprint density at radius 2 is 1.73 bits per heavy atom. The van der Waals surface area contributed by atoms with Gasteiger partial charge in [0.2, 0.25) is 0 Å². The van der Waals surface area contributed by atoms with Gasteiger partial charge in [-0.3, -0.25) is 8.98 Å². The highest BCUT2D eigenvalue weighted by molar-refractivity contribution is 7.86. The van der Waals surface area contributed by atoms with Gasteiger partial charge in [0.25, 0.3) is 10.1 Å². The van der Waals surface area contributed by atoms with Gasteiger partial charge < -0.3 is 4.74 Å². The molecule has 0 saturated carbocycles. The van der Waals surface area contributed by atoms with Crippen LogP contribution >= 0.6 is 0 Å². The van der Waals surface area contributed by atoms with Crippen LogP contribution in [0.2, 0.25) is 0 Å². The van der Waals surface area contributed by atoms with Crippen molar-refractivity contribution >= 4 is 16.1 Å². The van der Waals surface area contributed by atoms with E-state index in [0.717, 1.165) is 12.0 Å². The van der Waals surface area contributed by atoms with Crippen LogP contribution in [0, 0.1) is 18.8 Å². The molecule has 0 radical (unpaired) electrons. The lowest BCUT2D eigenvalue weighted by Gasteiger charge is -2.23. The monoisotopic (exact) mass is 384 g/mol. The minimum Gasteiger partial charge on any atom is -0.460 e. The van der Waals surface area contributed by atoms with E-state index in [1.54, 1.807) is 12.1 Å².